The number of ether oxygens (including phenoxy) is 1. The van der Waals surface area contributed by atoms with Gasteiger partial charge in [0.1, 0.15) is 0 Å². The summed E-state index contributed by atoms with van der Waals surface area (Å²) >= 11 is 0. The van der Waals surface area contributed by atoms with E-state index >= 15 is 0 Å². The zero-order valence-corrected chi connectivity index (χ0v) is 22.3. The van der Waals surface area contributed by atoms with Crippen LogP contribution in [-0.2, 0) is 4.74 Å². The first-order chi connectivity index (χ1) is 14.7. The monoisotopic (exact) mass is 442 g/mol. The molecule has 11 unspecified atom stereocenters. The van der Waals surface area contributed by atoms with E-state index in [1.807, 2.05) is 0 Å². The second kappa shape index (κ2) is 6.18. The summed E-state index contributed by atoms with van der Waals surface area (Å²) in [5.74, 6) is 5.29. The fourth-order valence-corrected chi connectivity index (χ4v) is 12.2. The zero-order chi connectivity index (χ0) is 23.1. The van der Waals surface area contributed by atoms with Gasteiger partial charge in [0, 0.05) is 0 Å². The van der Waals surface area contributed by atoms with Crippen LogP contribution in [0.5, 0.6) is 0 Å². The number of hydrogen-bond donors (Lipinski definition) is 1. The normalized spacial score (nSPS) is 62.0. The first-order valence-corrected chi connectivity index (χ1v) is 14.1. The van der Waals surface area contributed by atoms with Crippen molar-refractivity contribution >= 4 is 0 Å². The van der Waals surface area contributed by atoms with Crippen LogP contribution in [0.2, 0.25) is 0 Å². The maximum absolute atomic E-state index is 10.6. The Morgan fingerprint density at radius 1 is 0.625 bits per heavy atom. The van der Waals surface area contributed by atoms with Gasteiger partial charge in [-0.25, -0.2) is 0 Å². The third-order valence-electron chi connectivity index (χ3n) is 14.0. The number of fused-ring (bicyclic) bond motifs is 7. The van der Waals surface area contributed by atoms with Crippen molar-refractivity contribution in [1.82, 2.24) is 0 Å². The summed E-state index contributed by atoms with van der Waals surface area (Å²) in [7, 11) is 0. The maximum Gasteiger partial charge on any atom is 0.0891 e. The highest BCUT2D eigenvalue weighted by Gasteiger charge is 2.77. The van der Waals surface area contributed by atoms with Crippen LogP contribution in [0.25, 0.3) is 0 Å². The smallest absolute Gasteiger partial charge is 0.0891 e. The summed E-state index contributed by atoms with van der Waals surface area (Å²) in [6.07, 6.45) is 11.6. The van der Waals surface area contributed by atoms with Gasteiger partial charge in [-0.2, -0.15) is 0 Å². The lowest BCUT2D eigenvalue weighted by molar-refractivity contribution is -0.247. The highest BCUT2D eigenvalue weighted by Crippen LogP contribution is 2.83. The van der Waals surface area contributed by atoms with Gasteiger partial charge in [0.2, 0.25) is 0 Å². The SMILES string of the molecule is CC1(C)OC(C)(C2CCC3(C)C2CCC2C4(C)C5CC5C(C)(C)C4CCC23C)CCC1O. The van der Waals surface area contributed by atoms with Gasteiger partial charge in [-0.15, -0.1) is 0 Å². The lowest BCUT2D eigenvalue weighted by Crippen LogP contribution is -2.62. The van der Waals surface area contributed by atoms with Crippen LogP contribution in [0.1, 0.15) is 113 Å². The van der Waals surface area contributed by atoms with E-state index in [0.29, 0.717) is 27.6 Å². The first-order valence-electron chi connectivity index (χ1n) is 14.1. The minimum absolute atomic E-state index is 0.0770. The number of aliphatic hydroxyl groups excluding tert-OH is 1. The predicted octanol–water partition coefficient (Wildman–Crippen LogP) is 7.24. The summed E-state index contributed by atoms with van der Waals surface area (Å²) in [5.41, 5.74) is 1.56. The van der Waals surface area contributed by atoms with Gasteiger partial charge < -0.3 is 9.84 Å². The summed E-state index contributed by atoms with van der Waals surface area (Å²) in [6, 6.07) is 0. The highest BCUT2D eigenvalue weighted by molar-refractivity contribution is 5.25. The standard InChI is InChI=1S/C30H50O2/c1-25(2)20-17-21(20)30(8)22(25)12-15-28(6)23(30)10-9-18-19(11-14-27(18,28)5)29(7)16-13-24(31)26(3,4)32-29/h18-24,31H,9-17H2,1-8H3. The lowest BCUT2D eigenvalue weighted by Gasteiger charge is -2.67. The maximum atomic E-state index is 10.6. The molecular formula is C30H50O2. The minimum atomic E-state index is -0.422. The fraction of sp³-hybridized carbons (Fsp3) is 1.00. The third-order valence-corrected chi connectivity index (χ3v) is 14.0. The van der Waals surface area contributed by atoms with Crippen LogP contribution in [0, 0.1) is 57.2 Å². The van der Waals surface area contributed by atoms with E-state index in [2.05, 4.69) is 55.4 Å². The molecule has 32 heavy (non-hydrogen) atoms. The predicted molar refractivity (Wildman–Crippen MR) is 130 cm³/mol. The molecule has 0 radical (unpaired) electrons. The summed E-state index contributed by atoms with van der Waals surface area (Å²) in [5, 5.41) is 10.6. The first kappa shape index (κ1) is 22.4. The highest BCUT2D eigenvalue weighted by atomic mass is 16.5. The quantitative estimate of drug-likeness (QED) is 0.464. The van der Waals surface area contributed by atoms with E-state index in [0.717, 1.165) is 42.4 Å². The van der Waals surface area contributed by atoms with Crippen molar-refractivity contribution in [3.8, 4) is 0 Å². The molecule has 1 heterocycles. The van der Waals surface area contributed by atoms with Crippen molar-refractivity contribution in [1.29, 1.82) is 0 Å². The van der Waals surface area contributed by atoms with Crippen molar-refractivity contribution in [2.75, 3.05) is 0 Å². The lowest BCUT2D eigenvalue weighted by atomic mass is 9.38. The van der Waals surface area contributed by atoms with Crippen molar-refractivity contribution < 1.29 is 9.84 Å². The van der Waals surface area contributed by atoms with E-state index in [1.165, 1.54) is 44.9 Å². The molecule has 1 saturated heterocycles. The van der Waals surface area contributed by atoms with Crippen LogP contribution in [0.3, 0.4) is 0 Å². The molecule has 11 atom stereocenters. The summed E-state index contributed by atoms with van der Waals surface area (Å²) in [6.45, 7) is 20.1. The largest absolute Gasteiger partial charge is 0.390 e. The van der Waals surface area contributed by atoms with E-state index in [9.17, 15) is 5.11 Å². The van der Waals surface area contributed by atoms with Crippen LogP contribution >= 0.6 is 0 Å². The molecule has 0 spiro atoms. The third kappa shape index (κ3) is 2.41. The molecule has 2 nitrogen and oxygen atoms in total. The summed E-state index contributed by atoms with van der Waals surface area (Å²) < 4.78 is 6.81. The second-order valence-corrected chi connectivity index (χ2v) is 15.5. The fourth-order valence-electron chi connectivity index (χ4n) is 12.2. The van der Waals surface area contributed by atoms with Gasteiger partial charge in [0.15, 0.2) is 0 Å². The number of aliphatic hydroxyl groups is 1. The number of rotatable bonds is 1. The van der Waals surface area contributed by atoms with Gasteiger partial charge in [-0.3, -0.25) is 0 Å². The average molecular weight is 443 g/mol. The van der Waals surface area contributed by atoms with Gasteiger partial charge in [-0.05, 0) is 136 Å². The number of hydrogen-bond acceptors (Lipinski definition) is 2. The Morgan fingerprint density at radius 2 is 1.31 bits per heavy atom. The molecule has 6 aliphatic rings. The Morgan fingerprint density at radius 3 is 2.00 bits per heavy atom. The molecule has 1 aliphatic heterocycles. The van der Waals surface area contributed by atoms with Gasteiger partial charge >= 0.3 is 0 Å². The van der Waals surface area contributed by atoms with Crippen molar-refractivity contribution in [2.24, 2.45) is 57.2 Å². The molecule has 0 amide bonds. The van der Waals surface area contributed by atoms with Crippen LogP contribution in [0.15, 0.2) is 0 Å². The molecule has 6 fully saturated rings. The van der Waals surface area contributed by atoms with Gasteiger partial charge in [0.25, 0.3) is 0 Å². The molecular weight excluding hydrogens is 392 g/mol. The molecule has 2 heteroatoms. The Kier molecular flexibility index (Phi) is 4.32. The second-order valence-electron chi connectivity index (χ2n) is 15.5. The topological polar surface area (TPSA) is 29.5 Å². The Hall–Kier alpha value is -0.0800. The van der Waals surface area contributed by atoms with E-state index in [4.69, 9.17) is 4.74 Å². The van der Waals surface area contributed by atoms with Gasteiger partial charge in [-0.1, -0.05) is 34.6 Å². The average Bonchev–Trinajstić information content (AvgIpc) is 3.39. The van der Waals surface area contributed by atoms with Gasteiger partial charge in [0.05, 0.1) is 17.3 Å². The molecule has 0 bridgehead atoms. The molecule has 0 aromatic rings. The Bertz CT molecular complexity index is 816. The Labute approximate surface area is 197 Å². The molecule has 5 saturated carbocycles. The molecule has 0 aromatic carbocycles. The van der Waals surface area contributed by atoms with E-state index in [1.54, 1.807) is 0 Å². The van der Waals surface area contributed by atoms with Crippen molar-refractivity contribution in [3.05, 3.63) is 0 Å². The molecule has 0 aromatic heterocycles. The van der Waals surface area contributed by atoms with Crippen LogP contribution in [-0.4, -0.2) is 22.4 Å². The molecule has 6 rings (SSSR count). The molecule has 5 aliphatic carbocycles. The van der Waals surface area contributed by atoms with Crippen molar-refractivity contribution in [3.63, 3.8) is 0 Å². The summed E-state index contributed by atoms with van der Waals surface area (Å²) in [4.78, 5) is 0. The molecule has 1 N–H and O–H groups in total. The zero-order valence-electron chi connectivity index (χ0n) is 22.3. The molecule has 182 valence electrons. The van der Waals surface area contributed by atoms with Crippen LogP contribution < -0.4 is 0 Å². The van der Waals surface area contributed by atoms with E-state index < -0.39 is 5.60 Å². The van der Waals surface area contributed by atoms with Crippen LogP contribution in [0.4, 0.5) is 0 Å². The van der Waals surface area contributed by atoms with Crippen molar-refractivity contribution in [2.45, 2.75) is 130 Å². The minimum Gasteiger partial charge on any atom is -0.390 e. The van der Waals surface area contributed by atoms with E-state index in [-0.39, 0.29) is 11.7 Å². The Balaban J connectivity index is 1.33.